The Morgan fingerprint density at radius 3 is 2.77 bits per heavy atom. The van der Waals surface area contributed by atoms with E-state index in [1.807, 2.05) is 53.2 Å². The van der Waals surface area contributed by atoms with Crippen molar-refractivity contribution in [2.24, 2.45) is 0 Å². The van der Waals surface area contributed by atoms with E-state index < -0.39 is 0 Å². The summed E-state index contributed by atoms with van der Waals surface area (Å²) >= 11 is 0. The fourth-order valence-corrected chi connectivity index (χ4v) is 3.51. The Kier molecular flexibility index (Phi) is 5.24. The predicted octanol–water partition coefficient (Wildman–Crippen LogP) is 4.12. The first kappa shape index (κ1) is 19.1. The lowest BCUT2D eigenvalue weighted by atomic mass is 10.1. The highest BCUT2D eigenvalue weighted by molar-refractivity contribution is 5.79. The predicted molar refractivity (Wildman–Crippen MR) is 119 cm³/mol. The Balaban J connectivity index is 1.45. The normalized spacial score (nSPS) is 11.3. The quantitative estimate of drug-likeness (QED) is 0.375. The Hall–Kier alpha value is -3.84. The monoisotopic (exact) mass is 411 g/mol. The van der Waals surface area contributed by atoms with E-state index in [0.29, 0.717) is 19.8 Å². The fraction of sp³-hybridized carbons (Fsp3) is 0.167. The molecule has 7 nitrogen and oxygen atoms in total. The summed E-state index contributed by atoms with van der Waals surface area (Å²) in [5.41, 5.74) is 5.42. The molecule has 0 aliphatic rings. The van der Waals surface area contributed by atoms with Crippen LogP contribution in [-0.4, -0.2) is 45.3 Å². The summed E-state index contributed by atoms with van der Waals surface area (Å²) in [6, 6.07) is 22.0. The fourth-order valence-electron chi connectivity index (χ4n) is 3.51. The molecule has 0 aliphatic heterocycles. The van der Waals surface area contributed by atoms with Crippen molar-refractivity contribution in [2.45, 2.75) is 6.54 Å². The molecule has 3 aromatic heterocycles. The first-order chi connectivity index (χ1) is 15.3. The summed E-state index contributed by atoms with van der Waals surface area (Å²) in [5.74, 6) is 0.785. The molecule has 0 atom stereocenters. The van der Waals surface area contributed by atoms with Crippen LogP contribution in [0.25, 0.3) is 33.3 Å². The van der Waals surface area contributed by atoms with Crippen LogP contribution in [0.1, 0.15) is 5.56 Å². The number of aromatic nitrogens is 5. The topological polar surface area (TPSA) is 75.0 Å². The van der Waals surface area contributed by atoms with Gasteiger partial charge in [-0.2, -0.15) is 0 Å². The molecule has 0 aliphatic carbocycles. The van der Waals surface area contributed by atoms with Crippen LogP contribution in [0.5, 0.6) is 5.75 Å². The SMILES string of the molecule is COCCOc1cccc(-c2ccc3nnn(Cc4ccc5ncccc5c4)c3n2)c1. The molecule has 31 heavy (non-hydrogen) atoms. The number of hydrogen-bond acceptors (Lipinski definition) is 6. The molecule has 0 fully saturated rings. The molecule has 0 radical (unpaired) electrons. The molecule has 3 heterocycles. The molecule has 5 aromatic rings. The molecule has 154 valence electrons. The van der Waals surface area contributed by atoms with Gasteiger partial charge in [0.1, 0.15) is 17.9 Å². The lowest BCUT2D eigenvalue weighted by Gasteiger charge is -2.08. The van der Waals surface area contributed by atoms with Crippen LogP contribution in [0.15, 0.2) is 72.9 Å². The molecule has 7 heteroatoms. The van der Waals surface area contributed by atoms with Crippen molar-refractivity contribution >= 4 is 22.1 Å². The second kappa shape index (κ2) is 8.49. The number of methoxy groups -OCH3 is 1. The summed E-state index contributed by atoms with van der Waals surface area (Å²) in [7, 11) is 1.66. The van der Waals surface area contributed by atoms with Gasteiger partial charge >= 0.3 is 0 Å². The maximum atomic E-state index is 5.73. The van der Waals surface area contributed by atoms with Crippen molar-refractivity contribution in [3.05, 3.63) is 78.5 Å². The number of nitrogens with zero attached hydrogens (tertiary/aromatic N) is 5. The minimum atomic E-state index is 0.504. The number of hydrogen-bond donors (Lipinski definition) is 0. The van der Waals surface area contributed by atoms with Crippen LogP contribution in [0.3, 0.4) is 0 Å². The smallest absolute Gasteiger partial charge is 0.179 e. The van der Waals surface area contributed by atoms with Crippen LogP contribution in [0.4, 0.5) is 0 Å². The summed E-state index contributed by atoms with van der Waals surface area (Å²) in [6.45, 7) is 1.63. The zero-order chi connectivity index (χ0) is 21.0. The number of ether oxygens (including phenoxy) is 2. The highest BCUT2D eigenvalue weighted by atomic mass is 16.5. The Bertz CT molecular complexity index is 1350. The lowest BCUT2D eigenvalue weighted by molar-refractivity contribution is 0.146. The van der Waals surface area contributed by atoms with Gasteiger partial charge in [0, 0.05) is 24.3 Å². The second-order valence-corrected chi connectivity index (χ2v) is 7.19. The van der Waals surface area contributed by atoms with Gasteiger partial charge < -0.3 is 9.47 Å². The standard InChI is InChI=1S/C24H21N5O2/c1-30-12-13-31-20-6-2-4-19(15-20)22-9-10-23-24(26-22)29(28-27-23)16-17-7-8-21-18(14-17)5-3-11-25-21/h2-11,14-15H,12-13,16H2,1H3. The van der Waals surface area contributed by atoms with E-state index in [1.54, 1.807) is 13.3 Å². The molecular weight excluding hydrogens is 390 g/mol. The van der Waals surface area contributed by atoms with Gasteiger partial charge in [0.15, 0.2) is 5.65 Å². The molecule has 2 aromatic carbocycles. The van der Waals surface area contributed by atoms with Crippen LogP contribution in [-0.2, 0) is 11.3 Å². The van der Waals surface area contributed by atoms with Crippen LogP contribution >= 0.6 is 0 Å². The molecule has 0 saturated carbocycles. The van der Waals surface area contributed by atoms with Crippen molar-refractivity contribution in [3.63, 3.8) is 0 Å². The molecule has 0 bridgehead atoms. The highest BCUT2D eigenvalue weighted by Crippen LogP contribution is 2.24. The maximum absolute atomic E-state index is 5.73. The largest absolute Gasteiger partial charge is 0.491 e. The van der Waals surface area contributed by atoms with E-state index in [1.165, 1.54) is 0 Å². The Labute approximate surface area is 179 Å². The first-order valence-corrected chi connectivity index (χ1v) is 10.1. The average Bonchev–Trinajstić information content (AvgIpc) is 3.21. The zero-order valence-corrected chi connectivity index (χ0v) is 17.1. The number of fused-ring (bicyclic) bond motifs is 2. The summed E-state index contributed by atoms with van der Waals surface area (Å²) < 4.78 is 12.6. The zero-order valence-electron chi connectivity index (χ0n) is 17.1. The third-order valence-corrected chi connectivity index (χ3v) is 5.05. The summed E-state index contributed by atoms with van der Waals surface area (Å²) in [6.07, 6.45) is 1.80. The van der Waals surface area contributed by atoms with Crippen molar-refractivity contribution in [1.29, 1.82) is 0 Å². The molecular formula is C24H21N5O2. The Morgan fingerprint density at radius 1 is 0.903 bits per heavy atom. The summed E-state index contributed by atoms with van der Waals surface area (Å²) in [4.78, 5) is 9.23. The van der Waals surface area contributed by atoms with Gasteiger partial charge in [-0.05, 0) is 48.0 Å². The number of rotatable bonds is 7. The van der Waals surface area contributed by atoms with Crippen LogP contribution in [0.2, 0.25) is 0 Å². The van der Waals surface area contributed by atoms with Gasteiger partial charge in [0.25, 0.3) is 0 Å². The Morgan fingerprint density at radius 2 is 1.84 bits per heavy atom. The van der Waals surface area contributed by atoms with Crippen molar-refractivity contribution in [1.82, 2.24) is 25.0 Å². The molecule has 0 saturated heterocycles. The number of pyridine rings is 2. The lowest BCUT2D eigenvalue weighted by Crippen LogP contribution is -2.04. The number of benzene rings is 2. The van der Waals surface area contributed by atoms with Gasteiger partial charge in [0.2, 0.25) is 0 Å². The van der Waals surface area contributed by atoms with Gasteiger partial charge in [-0.3, -0.25) is 4.98 Å². The molecule has 0 amide bonds. The maximum Gasteiger partial charge on any atom is 0.179 e. The van der Waals surface area contributed by atoms with Crippen molar-refractivity contribution in [3.8, 4) is 17.0 Å². The molecule has 5 rings (SSSR count). The van der Waals surface area contributed by atoms with Gasteiger partial charge in [0.05, 0.1) is 24.4 Å². The third-order valence-electron chi connectivity index (χ3n) is 5.05. The first-order valence-electron chi connectivity index (χ1n) is 10.1. The van der Waals surface area contributed by atoms with E-state index in [4.69, 9.17) is 14.5 Å². The van der Waals surface area contributed by atoms with E-state index in [9.17, 15) is 0 Å². The average molecular weight is 411 g/mol. The van der Waals surface area contributed by atoms with E-state index in [0.717, 1.165) is 44.6 Å². The van der Waals surface area contributed by atoms with Crippen molar-refractivity contribution < 1.29 is 9.47 Å². The second-order valence-electron chi connectivity index (χ2n) is 7.19. The minimum absolute atomic E-state index is 0.504. The van der Waals surface area contributed by atoms with E-state index >= 15 is 0 Å². The van der Waals surface area contributed by atoms with Crippen LogP contribution in [0, 0.1) is 0 Å². The third kappa shape index (κ3) is 4.08. The van der Waals surface area contributed by atoms with E-state index in [2.05, 4.69) is 33.5 Å². The molecule has 0 N–H and O–H groups in total. The van der Waals surface area contributed by atoms with Crippen molar-refractivity contribution in [2.75, 3.05) is 20.3 Å². The van der Waals surface area contributed by atoms with Gasteiger partial charge in [-0.1, -0.05) is 29.5 Å². The highest BCUT2D eigenvalue weighted by Gasteiger charge is 2.10. The summed E-state index contributed by atoms with van der Waals surface area (Å²) in [5, 5.41) is 9.70. The van der Waals surface area contributed by atoms with Gasteiger partial charge in [-0.25, -0.2) is 9.67 Å². The van der Waals surface area contributed by atoms with Gasteiger partial charge in [-0.15, -0.1) is 5.10 Å². The molecule has 0 unspecified atom stereocenters. The van der Waals surface area contributed by atoms with Crippen LogP contribution < -0.4 is 4.74 Å². The van der Waals surface area contributed by atoms with E-state index in [-0.39, 0.29) is 0 Å². The minimum Gasteiger partial charge on any atom is -0.491 e. The molecule has 0 spiro atoms.